The molecule has 1 aliphatic rings. The average Bonchev–Trinajstić information content (AvgIpc) is 3.10. The Morgan fingerprint density at radius 2 is 2.42 bits per heavy atom. The molecule has 1 N–H and O–H groups in total. The molecule has 7 heteroatoms. The van der Waals surface area contributed by atoms with Gasteiger partial charge in [0.05, 0.1) is 5.56 Å². The lowest BCUT2D eigenvalue weighted by Crippen LogP contribution is -2.11. The van der Waals surface area contributed by atoms with Crippen LogP contribution in [0.25, 0.3) is 0 Å². The number of pyridine rings is 1. The van der Waals surface area contributed by atoms with Crippen LogP contribution in [0.5, 0.6) is 0 Å². The Hall–Kier alpha value is -1.86. The van der Waals surface area contributed by atoms with Crippen LogP contribution in [0.2, 0.25) is 0 Å². The summed E-state index contributed by atoms with van der Waals surface area (Å²) in [5.41, 5.74) is 0.497. The third-order valence-electron chi connectivity index (χ3n) is 2.79. The van der Waals surface area contributed by atoms with Gasteiger partial charge in [-0.2, -0.15) is 0 Å². The molecule has 1 atom stereocenters. The van der Waals surface area contributed by atoms with Crippen molar-refractivity contribution >= 4 is 22.4 Å². The van der Waals surface area contributed by atoms with Crippen LogP contribution in [-0.2, 0) is 4.74 Å². The van der Waals surface area contributed by atoms with E-state index in [1.54, 1.807) is 18.3 Å². The smallest absolute Gasteiger partial charge is 0.259 e. The van der Waals surface area contributed by atoms with E-state index < -0.39 is 0 Å². The number of nitrogens with one attached hydrogen (secondary N) is 1. The van der Waals surface area contributed by atoms with E-state index in [1.807, 2.05) is 0 Å². The summed E-state index contributed by atoms with van der Waals surface area (Å²) < 4.78 is 5.53. The number of carbonyl (C=O) groups excluding carboxylic acids is 1. The summed E-state index contributed by atoms with van der Waals surface area (Å²) in [6.45, 7) is 0.765. The highest BCUT2D eigenvalue weighted by Crippen LogP contribution is 2.31. The van der Waals surface area contributed by atoms with Gasteiger partial charge in [0.2, 0.25) is 5.13 Å². The normalized spacial score (nSPS) is 18.4. The summed E-state index contributed by atoms with van der Waals surface area (Å²) in [7, 11) is 0. The summed E-state index contributed by atoms with van der Waals surface area (Å²) in [6, 6.07) is 3.41. The molecule has 0 spiro atoms. The van der Waals surface area contributed by atoms with Crippen LogP contribution < -0.4 is 5.32 Å². The van der Waals surface area contributed by atoms with E-state index in [4.69, 9.17) is 4.74 Å². The van der Waals surface area contributed by atoms with Gasteiger partial charge in [0, 0.05) is 19.0 Å². The molecular weight excluding hydrogens is 264 g/mol. The molecule has 1 saturated heterocycles. The molecular formula is C12H12N4O2S. The number of carbonyl (C=O) groups is 1. The van der Waals surface area contributed by atoms with Gasteiger partial charge < -0.3 is 4.74 Å². The van der Waals surface area contributed by atoms with Gasteiger partial charge in [0.25, 0.3) is 5.91 Å². The zero-order chi connectivity index (χ0) is 13.1. The van der Waals surface area contributed by atoms with Crippen molar-refractivity contribution in [3.8, 4) is 0 Å². The fourth-order valence-corrected chi connectivity index (χ4v) is 2.68. The molecule has 3 heterocycles. The molecule has 0 aliphatic carbocycles. The van der Waals surface area contributed by atoms with Crippen molar-refractivity contribution in [2.75, 3.05) is 11.9 Å². The van der Waals surface area contributed by atoms with E-state index in [2.05, 4.69) is 20.5 Å². The Kier molecular flexibility index (Phi) is 3.47. The molecule has 19 heavy (non-hydrogen) atoms. The van der Waals surface area contributed by atoms with Crippen LogP contribution in [0.4, 0.5) is 5.13 Å². The first-order chi connectivity index (χ1) is 9.33. The van der Waals surface area contributed by atoms with E-state index in [0.29, 0.717) is 10.7 Å². The van der Waals surface area contributed by atoms with Crippen LogP contribution in [0.1, 0.15) is 34.3 Å². The summed E-state index contributed by atoms with van der Waals surface area (Å²) >= 11 is 1.35. The Morgan fingerprint density at radius 3 is 3.16 bits per heavy atom. The predicted octanol–water partition coefficient (Wildman–Crippen LogP) is 2.04. The summed E-state index contributed by atoms with van der Waals surface area (Å²) in [4.78, 5) is 15.8. The molecule has 3 rings (SSSR count). The number of ether oxygens (including phenoxy) is 1. The molecule has 1 unspecified atom stereocenters. The number of anilines is 1. The SMILES string of the molecule is O=C(Nc1nnc(C2CCCO2)s1)c1cccnc1. The lowest BCUT2D eigenvalue weighted by Gasteiger charge is -2.02. The zero-order valence-corrected chi connectivity index (χ0v) is 10.9. The molecule has 0 saturated carbocycles. The van der Waals surface area contributed by atoms with Crippen molar-refractivity contribution in [1.29, 1.82) is 0 Å². The second kappa shape index (κ2) is 5.41. The molecule has 1 aliphatic heterocycles. The minimum atomic E-state index is -0.233. The highest BCUT2D eigenvalue weighted by Gasteiger charge is 2.22. The molecule has 2 aromatic rings. The van der Waals surface area contributed by atoms with E-state index in [-0.39, 0.29) is 12.0 Å². The fourth-order valence-electron chi connectivity index (χ4n) is 1.85. The second-order valence-corrected chi connectivity index (χ2v) is 5.15. The van der Waals surface area contributed by atoms with Crippen LogP contribution in [-0.4, -0.2) is 27.7 Å². The summed E-state index contributed by atoms with van der Waals surface area (Å²) in [5.74, 6) is -0.233. The number of hydrogen-bond donors (Lipinski definition) is 1. The van der Waals surface area contributed by atoms with Gasteiger partial charge >= 0.3 is 0 Å². The predicted molar refractivity (Wildman–Crippen MR) is 70.0 cm³/mol. The van der Waals surface area contributed by atoms with Gasteiger partial charge in [0.1, 0.15) is 11.1 Å². The van der Waals surface area contributed by atoms with Crippen LogP contribution in [0.3, 0.4) is 0 Å². The molecule has 0 aromatic carbocycles. The fraction of sp³-hybridized carbons (Fsp3) is 0.333. The van der Waals surface area contributed by atoms with Gasteiger partial charge in [-0.1, -0.05) is 11.3 Å². The third kappa shape index (κ3) is 2.77. The quantitative estimate of drug-likeness (QED) is 0.928. The lowest BCUT2D eigenvalue weighted by molar-refractivity contribution is 0.102. The zero-order valence-electron chi connectivity index (χ0n) is 10.1. The molecule has 6 nitrogen and oxygen atoms in total. The van der Waals surface area contributed by atoms with Crippen molar-refractivity contribution in [1.82, 2.24) is 15.2 Å². The second-order valence-electron chi connectivity index (χ2n) is 4.14. The average molecular weight is 276 g/mol. The maximum atomic E-state index is 11.9. The topological polar surface area (TPSA) is 77.0 Å². The van der Waals surface area contributed by atoms with Gasteiger partial charge in [-0.15, -0.1) is 10.2 Å². The van der Waals surface area contributed by atoms with Crippen molar-refractivity contribution in [2.45, 2.75) is 18.9 Å². The minimum absolute atomic E-state index is 0.0292. The highest BCUT2D eigenvalue weighted by molar-refractivity contribution is 7.15. The van der Waals surface area contributed by atoms with E-state index >= 15 is 0 Å². The molecule has 0 bridgehead atoms. The molecule has 1 amide bonds. The standard InChI is InChI=1S/C12H12N4O2S/c17-10(8-3-1-5-13-7-8)14-12-16-15-11(19-12)9-4-2-6-18-9/h1,3,5,7,9H,2,4,6H2,(H,14,16,17). The molecule has 98 valence electrons. The number of nitrogens with zero attached hydrogens (tertiary/aromatic N) is 3. The Balaban J connectivity index is 1.68. The van der Waals surface area contributed by atoms with Crippen molar-refractivity contribution in [2.24, 2.45) is 0 Å². The molecule has 0 radical (unpaired) electrons. The Bertz CT molecular complexity index is 566. The summed E-state index contributed by atoms with van der Waals surface area (Å²) in [6.07, 6.45) is 5.17. The first kappa shape index (κ1) is 12.2. The molecule has 1 fully saturated rings. The first-order valence-electron chi connectivity index (χ1n) is 5.99. The highest BCUT2D eigenvalue weighted by atomic mass is 32.1. The summed E-state index contributed by atoms with van der Waals surface area (Å²) in [5, 5.41) is 12.0. The van der Waals surface area contributed by atoms with Gasteiger partial charge in [-0.25, -0.2) is 0 Å². The van der Waals surface area contributed by atoms with E-state index in [9.17, 15) is 4.79 Å². The number of hydrogen-bond acceptors (Lipinski definition) is 6. The van der Waals surface area contributed by atoms with Crippen LogP contribution in [0, 0.1) is 0 Å². The van der Waals surface area contributed by atoms with Crippen LogP contribution in [0.15, 0.2) is 24.5 Å². The maximum absolute atomic E-state index is 11.9. The molecule has 2 aromatic heterocycles. The lowest BCUT2D eigenvalue weighted by atomic mass is 10.2. The largest absolute Gasteiger partial charge is 0.371 e. The Labute approximate surface area is 113 Å². The third-order valence-corrected chi connectivity index (χ3v) is 3.72. The van der Waals surface area contributed by atoms with Gasteiger partial charge in [-0.3, -0.25) is 15.1 Å². The monoisotopic (exact) mass is 276 g/mol. The number of amides is 1. The first-order valence-corrected chi connectivity index (χ1v) is 6.81. The Morgan fingerprint density at radius 1 is 1.47 bits per heavy atom. The number of rotatable bonds is 3. The van der Waals surface area contributed by atoms with Crippen LogP contribution >= 0.6 is 11.3 Å². The van der Waals surface area contributed by atoms with Crippen molar-refractivity contribution in [3.63, 3.8) is 0 Å². The van der Waals surface area contributed by atoms with Crippen molar-refractivity contribution in [3.05, 3.63) is 35.1 Å². The minimum Gasteiger partial charge on any atom is -0.371 e. The van der Waals surface area contributed by atoms with E-state index in [0.717, 1.165) is 24.5 Å². The van der Waals surface area contributed by atoms with Crippen molar-refractivity contribution < 1.29 is 9.53 Å². The van der Waals surface area contributed by atoms with E-state index in [1.165, 1.54) is 17.5 Å². The van der Waals surface area contributed by atoms with Gasteiger partial charge in [0.15, 0.2) is 0 Å². The maximum Gasteiger partial charge on any atom is 0.259 e. The number of aromatic nitrogens is 3. The van der Waals surface area contributed by atoms with Gasteiger partial charge in [-0.05, 0) is 25.0 Å².